The van der Waals surface area contributed by atoms with E-state index in [-0.39, 0.29) is 17.9 Å². The number of nitrogens with zero attached hydrogens (tertiary/aromatic N) is 1. The van der Waals surface area contributed by atoms with Crippen LogP contribution in [0.1, 0.15) is 22.3 Å². The minimum absolute atomic E-state index is 0.0272. The summed E-state index contributed by atoms with van der Waals surface area (Å²) in [4.78, 5) is 16.9. The number of hydrogen-bond acceptors (Lipinski definition) is 5. The third-order valence-corrected chi connectivity index (χ3v) is 5.07. The van der Waals surface area contributed by atoms with Crippen LogP contribution in [0.2, 0.25) is 5.02 Å². The summed E-state index contributed by atoms with van der Waals surface area (Å²) in [6.07, 6.45) is 0.750. The summed E-state index contributed by atoms with van der Waals surface area (Å²) in [5.74, 6) is -0.161. The zero-order valence-corrected chi connectivity index (χ0v) is 14.4. The molecule has 0 bridgehead atoms. The lowest BCUT2D eigenvalue weighted by Gasteiger charge is -2.19. The SMILES string of the molecule is Cc1nc(CCNC(=O)C2CNNC2c2ccccc2Cl)cs1. The molecule has 3 rings (SSSR count). The lowest BCUT2D eigenvalue weighted by Crippen LogP contribution is -2.36. The lowest BCUT2D eigenvalue weighted by atomic mass is 9.94. The monoisotopic (exact) mass is 350 g/mol. The maximum atomic E-state index is 12.5. The zero-order valence-electron chi connectivity index (χ0n) is 12.8. The van der Waals surface area contributed by atoms with E-state index < -0.39 is 0 Å². The van der Waals surface area contributed by atoms with Crippen molar-refractivity contribution < 1.29 is 4.79 Å². The van der Waals surface area contributed by atoms with Crippen LogP contribution in [0.3, 0.4) is 0 Å². The van der Waals surface area contributed by atoms with Crippen LogP contribution >= 0.6 is 22.9 Å². The maximum absolute atomic E-state index is 12.5. The first-order valence-electron chi connectivity index (χ1n) is 7.56. The first-order chi connectivity index (χ1) is 11.1. The number of amides is 1. The molecule has 3 N–H and O–H groups in total. The molecule has 23 heavy (non-hydrogen) atoms. The average molecular weight is 351 g/mol. The molecular weight excluding hydrogens is 332 g/mol. The Kier molecular flexibility index (Phi) is 5.27. The standard InChI is InChI=1S/C16H19ClN4OS/c1-10-20-11(9-23-10)6-7-18-16(22)13-8-19-21-15(13)12-4-2-3-5-14(12)17/h2-5,9,13,15,19,21H,6-8H2,1H3,(H,18,22). The van der Waals surface area contributed by atoms with Gasteiger partial charge in [0.25, 0.3) is 0 Å². The fourth-order valence-corrected chi connectivity index (χ4v) is 3.63. The summed E-state index contributed by atoms with van der Waals surface area (Å²) < 4.78 is 0. The van der Waals surface area contributed by atoms with Gasteiger partial charge in [0.1, 0.15) is 0 Å². The molecule has 0 saturated carbocycles. The number of hydrogen-bond donors (Lipinski definition) is 3. The maximum Gasteiger partial charge on any atom is 0.226 e. The van der Waals surface area contributed by atoms with E-state index in [1.54, 1.807) is 11.3 Å². The first-order valence-corrected chi connectivity index (χ1v) is 8.82. The van der Waals surface area contributed by atoms with E-state index in [1.807, 2.05) is 36.6 Å². The molecule has 1 aliphatic heterocycles. The van der Waals surface area contributed by atoms with Gasteiger partial charge in [-0.05, 0) is 18.6 Å². The molecule has 0 radical (unpaired) electrons. The van der Waals surface area contributed by atoms with Gasteiger partial charge in [0.2, 0.25) is 5.91 Å². The Morgan fingerprint density at radius 1 is 1.48 bits per heavy atom. The summed E-state index contributed by atoms with van der Waals surface area (Å²) in [5.41, 5.74) is 8.18. The summed E-state index contributed by atoms with van der Waals surface area (Å²) in [6, 6.07) is 7.49. The first kappa shape index (κ1) is 16.4. The third-order valence-electron chi connectivity index (χ3n) is 3.91. The van der Waals surface area contributed by atoms with Gasteiger partial charge in [0, 0.05) is 29.9 Å². The highest BCUT2D eigenvalue weighted by molar-refractivity contribution is 7.09. The Labute approximate surface area is 144 Å². The van der Waals surface area contributed by atoms with Crippen LogP contribution in [0, 0.1) is 12.8 Å². The molecule has 2 aromatic rings. The topological polar surface area (TPSA) is 66.0 Å². The second kappa shape index (κ2) is 7.40. The minimum Gasteiger partial charge on any atom is -0.355 e. The summed E-state index contributed by atoms with van der Waals surface area (Å²) in [7, 11) is 0. The van der Waals surface area contributed by atoms with Crippen LogP contribution in [0.4, 0.5) is 0 Å². The largest absolute Gasteiger partial charge is 0.355 e. The van der Waals surface area contributed by atoms with Gasteiger partial charge in [-0.2, -0.15) is 0 Å². The van der Waals surface area contributed by atoms with E-state index in [1.165, 1.54) is 0 Å². The number of hydrazine groups is 1. The van der Waals surface area contributed by atoms with Gasteiger partial charge in [-0.1, -0.05) is 29.8 Å². The molecule has 0 spiro atoms. The Bertz CT molecular complexity index is 690. The van der Waals surface area contributed by atoms with E-state index in [4.69, 9.17) is 11.6 Å². The molecule has 0 aliphatic carbocycles. The molecule has 1 fully saturated rings. The summed E-state index contributed by atoms with van der Waals surface area (Å²) >= 11 is 7.88. The molecule has 5 nitrogen and oxygen atoms in total. The fourth-order valence-electron chi connectivity index (χ4n) is 2.73. The number of halogens is 1. The smallest absolute Gasteiger partial charge is 0.226 e. The van der Waals surface area contributed by atoms with Gasteiger partial charge in [-0.25, -0.2) is 10.4 Å². The molecule has 1 amide bonds. The second-order valence-electron chi connectivity index (χ2n) is 5.53. The second-order valence-corrected chi connectivity index (χ2v) is 7.00. The number of aryl methyl sites for hydroxylation is 1. The van der Waals surface area contributed by atoms with Crippen molar-refractivity contribution in [2.75, 3.05) is 13.1 Å². The van der Waals surface area contributed by atoms with E-state index in [2.05, 4.69) is 21.2 Å². The predicted octanol–water partition coefficient (Wildman–Crippen LogP) is 2.23. The number of nitrogens with one attached hydrogen (secondary N) is 3. The van der Waals surface area contributed by atoms with Crippen LogP contribution in [0.25, 0.3) is 0 Å². The molecule has 2 atom stereocenters. The van der Waals surface area contributed by atoms with Gasteiger partial charge >= 0.3 is 0 Å². The van der Waals surface area contributed by atoms with Crippen LogP contribution in [0.5, 0.6) is 0 Å². The van der Waals surface area contributed by atoms with Crippen molar-refractivity contribution in [3.05, 3.63) is 50.9 Å². The lowest BCUT2D eigenvalue weighted by molar-refractivity contribution is -0.124. The number of benzene rings is 1. The van der Waals surface area contributed by atoms with E-state index >= 15 is 0 Å². The fraction of sp³-hybridized carbons (Fsp3) is 0.375. The highest BCUT2D eigenvalue weighted by atomic mass is 35.5. The van der Waals surface area contributed by atoms with Crippen molar-refractivity contribution in [1.29, 1.82) is 0 Å². The zero-order chi connectivity index (χ0) is 16.2. The number of thiazole rings is 1. The predicted molar refractivity (Wildman–Crippen MR) is 92.4 cm³/mol. The van der Waals surface area contributed by atoms with Gasteiger partial charge in [-0.15, -0.1) is 11.3 Å². The number of carbonyl (C=O) groups is 1. The molecule has 122 valence electrons. The molecule has 2 unspecified atom stereocenters. The number of carbonyl (C=O) groups excluding carboxylic acids is 1. The molecule has 1 saturated heterocycles. The summed E-state index contributed by atoms with van der Waals surface area (Å²) in [6.45, 7) is 3.15. The van der Waals surface area contributed by atoms with E-state index in [0.29, 0.717) is 18.1 Å². The Morgan fingerprint density at radius 3 is 3.04 bits per heavy atom. The third kappa shape index (κ3) is 3.90. The number of rotatable bonds is 5. The Hall–Kier alpha value is -1.47. The van der Waals surface area contributed by atoms with Crippen LogP contribution in [0.15, 0.2) is 29.6 Å². The molecule has 1 aliphatic rings. The summed E-state index contributed by atoms with van der Waals surface area (Å²) in [5, 5.41) is 6.76. The quantitative estimate of drug-likeness (QED) is 0.773. The van der Waals surface area contributed by atoms with Crippen molar-refractivity contribution >= 4 is 28.8 Å². The average Bonchev–Trinajstić information content (AvgIpc) is 3.17. The Morgan fingerprint density at radius 2 is 2.30 bits per heavy atom. The van der Waals surface area contributed by atoms with Gasteiger partial charge < -0.3 is 5.32 Å². The van der Waals surface area contributed by atoms with E-state index in [9.17, 15) is 4.79 Å². The van der Waals surface area contributed by atoms with Crippen molar-refractivity contribution in [1.82, 2.24) is 21.2 Å². The van der Waals surface area contributed by atoms with Gasteiger partial charge in [0.15, 0.2) is 0 Å². The molecule has 7 heteroatoms. The highest BCUT2D eigenvalue weighted by Gasteiger charge is 2.34. The van der Waals surface area contributed by atoms with Crippen LogP contribution in [-0.4, -0.2) is 24.0 Å². The molecule has 1 aromatic heterocycles. The van der Waals surface area contributed by atoms with Crippen LogP contribution in [-0.2, 0) is 11.2 Å². The van der Waals surface area contributed by atoms with Crippen molar-refractivity contribution in [3.8, 4) is 0 Å². The van der Waals surface area contributed by atoms with Crippen LogP contribution < -0.4 is 16.2 Å². The normalized spacial score (nSPS) is 20.6. The van der Waals surface area contributed by atoms with Crippen molar-refractivity contribution in [3.63, 3.8) is 0 Å². The number of aromatic nitrogens is 1. The van der Waals surface area contributed by atoms with Crippen molar-refractivity contribution in [2.24, 2.45) is 5.92 Å². The molecular formula is C16H19ClN4OS. The Balaban J connectivity index is 1.59. The van der Waals surface area contributed by atoms with E-state index in [0.717, 1.165) is 22.7 Å². The minimum atomic E-state index is -0.188. The van der Waals surface area contributed by atoms with Gasteiger partial charge in [-0.3, -0.25) is 10.2 Å². The molecule has 1 aromatic carbocycles. The molecule has 2 heterocycles. The van der Waals surface area contributed by atoms with Crippen molar-refractivity contribution in [2.45, 2.75) is 19.4 Å². The highest BCUT2D eigenvalue weighted by Crippen LogP contribution is 2.30. The van der Waals surface area contributed by atoms with Gasteiger partial charge in [0.05, 0.1) is 22.7 Å².